The van der Waals surface area contributed by atoms with Crippen molar-refractivity contribution in [3.63, 3.8) is 0 Å². The van der Waals surface area contributed by atoms with Crippen LogP contribution in [0.25, 0.3) is 11.0 Å². The van der Waals surface area contributed by atoms with Gasteiger partial charge in [-0.3, -0.25) is 9.69 Å². The predicted molar refractivity (Wildman–Crippen MR) is 147 cm³/mol. The van der Waals surface area contributed by atoms with Gasteiger partial charge in [0.2, 0.25) is 0 Å². The van der Waals surface area contributed by atoms with Gasteiger partial charge in [0.05, 0.1) is 22.9 Å². The Hall–Kier alpha value is -4.81. The molecule has 0 bridgehead atoms. The molecule has 0 saturated carbocycles. The second-order valence-corrected chi connectivity index (χ2v) is 10.3. The van der Waals surface area contributed by atoms with Crippen LogP contribution in [-0.2, 0) is 13.2 Å². The molecule has 1 unspecified atom stereocenters. The Balaban J connectivity index is 1.62. The van der Waals surface area contributed by atoms with Gasteiger partial charge in [-0.2, -0.15) is 23.7 Å². The second-order valence-electron chi connectivity index (χ2n) is 10.3. The average Bonchev–Trinajstić information content (AvgIpc) is 2.97. The van der Waals surface area contributed by atoms with Crippen LogP contribution in [0.1, 0.15) is 48.1 Å². The van der Waals surface area contributed by atoms with Crippen molar-refractivity contribution >= 4 is 16.7 Å². The number of hydrogen-bond acceptors (Lipinski definition) is 7. The molecule has 1 aliphatic rings. The van der Waals surface area contributed by atoms with E-state index in [0.29, 0.717) is 28.8 Å². The van der Waals surface area contributed by atoms with Crippen LogP contribution in [0.3, 0.4) is 0 Å². The van der Waals surface area contributed by atoms with Crippen LogP contribution in [-0.4, -0.2) is 44.6 Å². The van der Waals surface area contributed by atoms with E-state index in [1.54, 1.807) is 6.07 Å². The number of nitrogens with zero attached hydrogens (tertiary/aromatic N) is 7. The van der Waals surface area contributed by atoms with Crippen molar-refractivity contribution in [3.05, 3.63) is 99.0 Å². The summed E-state index contributed by atoms with van der Waals surface area (Å²) in [5.74, 6) is -0.480. The van der Waals surface area contributed by atoms with Gasteiger partial charge >= 0.3 is 6.18 Å². The summed E-state index contributed by atoms with van der Waals surface area (Å²) < 4.78 is 56.0. The van der Waals surface area contributed by atoms with E-state index in [1.165, 1.54) is 54.1 Å². The molecule has 12 heteroatoms. The number of benzene rings is 1. The highest BCUT2D eigenvalue weighted by molar-refractivity contribution is 5.92. The van der Waals surface area contributed by atoms with Gasteiger partial charge in [-0.15, -0.1) is 0 Å². The molecule has 0 amide bonds. The molecular weight excluding hydrogens is 550 g/mol. The number of piperazine rings is 1. The molecule has 1 fully saturated rings. The number of aryl methyl sites for hydroxylation is 1. The van der Waals surface area contributed by atoms with Crippen molar-refractivity contribution in [1.29, 1.82) is 10.5 Å². The molecule has 214 valence electrons. The number of alkyl halides is 3. The van der Waals surface area contributed by atoms with Crippen LogP contribution in [0.4, 0.5) is 23.2 Å². The molecule has 0 radical (unpaired) electrons. The van der Waals surface area contributed by atoms with Crippen LogP contribution in [0.2, 0.25) is 0 Å². The lowest BCUT2D eigenvalue weighted by atomic mass is 9.95. The molecule has 3 aromatic heterocycles. The van der Waals surface area contributed by atoms with E-state index < -0.39 is 29.3 Å². The van der Waals surface area contributed by atoms with E-state index in [9.17, 15) is 32.9 Å². The van der Waals surface area contributed by atoms with Gasteiger partial charge in [0.15, 0.2) is 0 Å². The van der Waals surface area contributed by atoms with E-state index in [0.717, 1.165) is 6.07 Å². The number of anilines is 1. The van der Waals surface area contributed by atoms with Gasteiger partial charge in [0.25, 0.3) is 5.56 Å². The molecule has 0 spiro atoms. The fraction of sp³-hybridized carbons (Fsp3) is 0.300. The minimum atomic E-state index is -4.65. The molecule has 3 atom stereocenters. The minimum Gasteiger partial charge on any atom is -0.363 e. The molecule has 1 aromatic carbocycles. The summed E-state index contributed by atoms with van der Waals surface area (Å²) >= 11 is 0. The third-order valence-corrected chi connectivity index (χ3v) is 7.62. The molecule has 1 saturated heterocycles. The van der Waals surface area contributed by atoms with E-state index >= 15 is 0 Å². The fourth-order valence-electron chi connectivity index (χ4n) is 5.60. The molecular formula is C30H25F4N7O. The van der Waals surface area contributed by atoms with Crippen LogP contribution in [0.15, 0.2) is 59.4 Å². The fourth-order valence-corrected chi connectivity index (χ4v) is 5.60. The maximum absolute atomic E-state index is 13.8. The molecule has 4 aromatic rings. The zero-order chi connectivity index (χ0) is 30.3. The number of hydrogen-bond donors (Lipinski definition) is 0. The second kappa shape index (κ2) is 10.9. The first-order chi connectivity index (χ1) is 19.9. The maximum Gasteiger partial charge on any atom is 0.433 e. The first-order valence-electron chi connectivity index (χ1n) is 13.1. The van der Waals surface area contributed by atoms with Crippen molar-refractivity contribution in [2.45, 2.75) is 38.1 Å². The van der Waals surface area contributed by atoms with E-state index in [2.05, 4.69) is 9.97 Å². The summed E-state index contributed by atoms with van der Waals surface area (Å²) in [6.45, 7) is 4.32. The lowest BCUT2D eigenvalue weighted by Crippen LogP contribution is -2.58. The monoisotopic (exact) mass is 575 g/mol. The quantitative estimate of drug-likeness (QED) is 0.319. The third kappa shape index (κ3) is 5.06. The summed E-state index contributed by atoms with van der Waals surface area (Å²) in [5.41, 5.74) is 0.271. The van der Waals surface area contributed by atoms with Crippen molar-refractivity contribution in [1.82, 2.24) is 19.4 Å². The lowest BCUT2D eigenvalue weighted by Gasteiger charge is -2.48. The predicted octanol–water partition coefficient (Wildman–Crippen LogP) is 4.92. The van der Waals surface area contributed by atoms with Gasteiger partial charge < -0.3 is 9.47 Å². The first-order valence-corrected chi connectivity index (χ1v) is 13.1. The molecule has 1 aliphatic heterocycles. The Labute approximate surface area is 238 Å². The van der Waals surface area contributed by atoms with Crippen LogP contribution >= 0.6 is 0 Å². The van der Waals surface area contributed by atoms with Gasteiger partial charge in [-0.25, -0.2) is 14.4 Å². The molecule has 0 N–H and O–H groups in total. The number of halogens is 4. The van der Waals surface area contributed by atoms with Crippen molar-refractivity contribution in [3.8, 4) is 12.1 Å². The number of fused-ring (bicyclic) bond motifs is 1. The van der Waals surface area contributed by atoms with Crippen LogP contribution in [0.5, 0.6) is 0 Å². The molecule has 0 aliphatic carbocycles. The smallest absolute Gasteiger partial charge is 0.363 e. The molecule has 4 heterocycles. The highest BCUT2D eigenvalue weighted by Gasteiger charge is 2.39. The zero-order valence-electron chi connectivity index (χ0n) is 22.9. The van der Waals surface area contributed by atoms with Gasteiger partial charge in [0, 0.05) is 32.2 Å². The SMILES string of the molecule is C[C@@H]1CN(c2c(C#N)c(=O)n(C)c3ccc(C#N)nc23)[C@@H](C)CN1C(c1ccc(F)cc1)c1cccc(C(F)(F)F)n1. The highest BCUT2D eigenvalue weighted by atomic mass is 19.4. The van der Waals surface area contributed by atoms with Gasteiger partial charge in [-0.1, -0.05) is 18.2 Å². The Morgan fingerprint density at radius 2 is 1.67 bits per heavy atom. The van der Waals surface area contributed by atoms with E-state index in [-0.39, 0.29) is 35.6 Å². The molecule has 42 heavy (non-hydrogen) atoms. The van der Waals surface area contributed by atoms with E-state index in [4.69, 9.17) is 0 Å². The molecule has 5 rings (SSSR count). The Kier molecular flexibility index (Phi) is 7.43. The normalized spacial score (nSPS) is 18.5. The van der Waals surface area contributed by atoms with Crippen molar-refractivity contribution in [2.24, 2.45) is 7.05 Å². The summed E-state index contributed by atoms with van der Waals surface area (Å²) in [5, 5.41) is 19.5. The summed E-state index contributed by atoms with van der Waals surface area (Å²) in [7, 11) is 1.53. The summed E-state index contributed by atoms with van der Waals surface area (Å²) in [6, 6.07) is 15.0. The lowest BCUT2D eigenvalue weighted by molar-refractivity contribution is -0.141. The van der Waals surface area contributed by atoms with Gasteiger partial charge in [0.1, 0.15) is 40.4 Å². The number of rotatable bonds is 4. The van der Waals surface area contributed by atoms with Crippen molar-refractivity contribution < 1.29 is 17.6 Å². The van der Waals surface area contributed by atoms with E-state index in [1.807, 2.05) is 35.8 Å². The Morgan fingerprint density at radius 1 is 0.952 bits per heavy atom. The maximum atomic E-state index is 13.8. The molecule has 8 nitrogen and oxygen atoms in total. The topological polar surface area (TPSA) is 102 Å². The largest absolute Gasteiger partial charge is 0.433 e. The summed E-state index contributed by atoms with van der Waals surface area (Å²) in [6.07, 6.45) is -4.65. The zero-order valence-corrected chi connectivity index (χ0v) is 22.9. The Morgan fingerprint density at radius 3 is 2.31 bits per heavy atom. The van der Waals surface area contributed by atoms with Crippen LogP contribution in [0, 0.1) is 28.5 Å². The number of pyridine rings is 3. The van der Waals surface area contributed by atoms with Gasteiger partial charge in [-0.05, 0) is 55.8 Å². The minimum absolute atomic E-state index is 0.116. The highest BCUT2D eigenvalue weighted by Crippen LogP contribution is 2.37. The Bertz CT molecular complexity index is 1800. The first kappa shape index (κ1) is 28.7. The standard InChI is InChI=1S/C30H25F4N7O/c1-17-16-41(28-22(14-36)29(42)39(3)24-12-11-21(13-35)37-26(24)28)18(2)15-40(17)27(19-7-9-20(31)10-8-19)23-5-4-6-25(38-23)30(32,33)34/h4-12,17-18,27H,15-16H2,1-3H3/t17-,18+,27?/m1/s1. The average molecular weight is 576 g/mol. The van der Waals surface area contributed by atoms with Crippen LogP contribution < -0.4 is 10.5 Å². The third-order valence-electron chi connectivity index (χ3n) is 7.62. The number of aromatic nitrogens is 3. The summed E-state index contributed by atoms with van der Waals surface area (Å²) in [4.78, 5) is 25.5. The van der Waals surface area contributed by atoms with Crippen molar-refractivity contribution in [2.75, 3.05) is 18.0 Å². The number of nitriles is 2.